The van der Waals surface area contributed by atoms with E-state index in [0.717, 1.165) is 10.2 Å². The van der Waals surface area contributed by atoms with Gasteiger partial charge in [0.2, 0.25) is 0 Å². The van der Waals surface area contributed by atoms with Gasteiger partial charge < -0.3 is 4.74 Å². The fourth-order valence-electron chi connectivity index (χ4n) is 1.97. The van der Waals surface area contributed by atoms with Crippen molar-refractivity contribution in [3.8, 4) is 5.75 Å². The molecule has 1 atom stereocenters. The molecule has 1 amide bonds. The highest BCUT2D eigenvalue weighted by molar-refractivity contribution is 7.22. The largest absolute Gasteiger partial charge is 0.479 e. The van der Waals surface area contributed by atoms with E-state index < -0.39 is 6.10 Å². The van der Waals surface area contributed by atoms with Gasteiger partial charge >= 0.3 is 0 Å². The lowest BCUT2D eigenvalue weighted by Crippen LogP contribution is -2.30. The number of nitrogens with one attached hydrogen (secondary N) is 1. The molecule has 1 N–H and O–H groups in total. The van der Waals surface area contributed by atoms with Crippen LogP contribution in [0.2, 0.25) is 15.1 Å². The molecule has 0 saturated carbocycles. The Morgan fingerprint density at radius 2 is 1.88 bits per heavy atom. The first-order valence-electron chi connectivity index (χ1n) is 6.91. The highest BCUT2D eigenvalue weighted by atomic mass is 35.5. The Balaban J connectivity index is 1.70. The molecule has 0 aliphatic carbocycles. The van der Waals surface area contributed by atoms with Crippen LogP contribution >= 0.6 is 46.1 Å². The Morgan fingerprint density at radius 3 is 2.62 bits per heavy atom. The predicted molar refractivity (Wildman–Crippen MR) is 99.8 cm³/mol. The number of thiazole rings is 1. The van der Waals surface area contributed by atoms with Gasteiger partial charge in [-0.15, -0.1) is 0 Å². The van der Waals surface area contributed by atoms with E-state index in [-0.39, 0.29) is 5.91 Å². The molecule has 0 bridgehead atoms. The molecule has 0 aliphatic rings. The van der Waals surface area contributed by atoms with Crippen molar-refractivity contribution in [3.05, 3.63) is 51.5 Å². The molecule has 24 heavy (non-hydrogen) atoms. The van der Waals surface area contributed by atoms with Crippen molar-refractivity contribution in [2.45, 2.75) is 13.0 Å². The summed E-state index contributed by atoms with van der Waals surface area (Å²) in [6.45, 7) is 1.63. The zero-order valence-corrected chi connectivity index (χ0v) is 15.4. The first-order valence-corrected chi connectivity index (χ1v) is 8.86. The molecule has 4 nitrogen and oxygen atoms in total. The lowest BCUT2D eigenvalue weighted by molar-refractivity contribution is -0.122. The second-order valence-electron chi connectivity index (χ2n) is 4.96. The fourth-order valence-corrected chi connectivity index (χ4v) is 3.57. The van der Waals surface area contributed by atoms with Crippen LogP contribution in [-0.4, -0.2) is 17.0 Å². The summed E-state index contributed by atoms with van der Waals surface area (Å²) in [7, 11) is 0. The molecule has 0 fully saturated rings. The van der Waals surface area contributed by atoms with E-state index in [1.54, 1.807) is 43.3 Å². The standard InChI is InChI=1S/C16H11Cl3N2O2S/c1-8(23-13-5-3-9(17)6-11(13)19)15(22)21-16-20-12-4-2-10(18)7-14(12)24-16/h2-8H,1H3,(H,20,21,22). The lowest BCUT2D eigenvalue weighted by atomic mass is 10.3. The van der Waals surface area contributed by atoms with Crippen molar-refractivity contribution >= 4 is 67.4 Å². The number of nitrogens with zero attached hydrogens (tertiary/aromatic N) is 1. The van der Waals surface area contributed by atoms with Crippen LogP contribution in [0.3, 0.4) is 0 Å². The molecule has 1 aromatic heterocycles. The van der Waals surface area contributed by atoms with Gasteiger partial charge in [0.05, 0.1) is 15.2 Å². The van der Waals surface area contributed by atoms with E-state index in [4.69, 9.17) is 39.5 Å². The third kappa shape index (κ3) is 3.92. The minimum atomic E-state index is -0.751. The summed E-state index contributed by atoms with van der Waals surface area (Å²) >= 11 is 19.2. The molecule has 0 aliphatic heterocycles. The highest BCUT2D eigenvalue weighted by Gasteiger charge is 2.18. The first kappa shape index (κ1) is 17.3. The third-order valence-electron chi connectivity index (χ3n) is 3.15. The van der Waals surface area contributed by atoms with Crippen molar-refractivity contribution in [1.29, 1.82) is 0 Å². The number of benzene rings is 2. The molecular weight excluding hydrogens is 391 g/mol. The maximum absolute atomic E-state index is 12.3. The number of hydrogen-bond acceptors (Lipinski definition) is 4. The van der Waals surface area contributed by atoms with Gasteiger partial charge in [0.15, 0.2) is 11.2 Å². The second-order valence-corrected chi connectivity index (χ2v) is 7.27. The van der Waals surface area contributed by atoms with Crippen LogP contribution in [0.1, 0.15) is 6.92 Å². The molecule has 2 aromatic carbocycles. The second kappa shape index (κ2) is 7.15. The van der Waals surface area contributed by atoms with Crippen molar-refractivity contribution in [1.82, 2.24) is 4.98 Å². The molecular formula is C16H11Cl3N2O2S. The molecule has 124 valence electrons. The molecule has 3 rings (SSSR count). The Labute approximate surface area is 157 Å². The van der Waals surface area contributed by atoms with Gasteiger partial charge in [0, 0.05) is 10.0 Å². The van der Waals surface area contributed by atoms with Crippen LogP contribution < -0.4 is 10.1 Å². The van der Waals surface area contributed by atoms with E-state index in [0.29, 0.717) is 25.9 Å². The van der Waals surface area contributed by atoms with Crippen LogP contribution in [0, 0.1) is 0 Å². The number of halogens is 3. The van der Waals surface area contributed by atoms with Gasteiger partial charge in [0.25, 0.3) is 5.91 Å². The van der Waals surface area contributed by atoms with Gasteiger partial charge in [-0.25, -0.2) is 4.98 Å². The van der Waals surface area contributed by atoms with Gasteiger partial charge in [-0.05, 0) is 43.3 Å². The summed E-state index contributed by atoms with van der Waals surface area (Å²) in [5, 5.41) is 4.68. The molecule has 1 unspecified atom stereocenters. The topological polar surface area (TPSA) is 51.2 Å². The molecule has 1 heterocycles. The number of hydrogen-bond donors (Lipinski definition) is 1. The molecule has 8 heteroatoms. The van der Waals surface area contributed by atoms with E-state index in [1.807, 2.05) is 0 Å². The smallest absolute Gasteiger partial charge is 0.266 e. The Hall–Kier alpha value is -1.53. The number of amides is 1. The highest BCUT2D eigenvalue weighted by Crippen LogP contribution is 2.30. The van der Waals surface area contributed by atoms with Crippen molar-refractivity contribution < 1.29 is 9.53 Å². The number of carbonyl (C=O) groups is 1. The molecule has 0 spiro atoms. The Morgan fingerprint density at radius 1 is 1.17 bits per heavy atom. The average Bonchev–Trinajstić information content (AvgIpc) is 2.91. The maximum atomic E-state index is 12.3. The van der Waals surface area contributed by atoms with Crippen LogP contribution in [-0.2, 0) is 4.79 Å². The van der Waals surface area contributed by atoms with E-state index in [9.17, 15) is 4.79 Å². The van der Waals surface area contributed by atoms with E-state index in [1.165, 1.54) is 11.3 Å². The fraction of sp³-hybridized carbons (Fsp3) is 0.125. The number of rotatable bonds is 4. The van der Waals surface area contributed by atoms with Gasteiger partial charge in [-0.1, -0.05) is 46.1 Å². The zero-order valence-electron chi connectivity index (χ0n) is 12.3. The summed E-state index contributed by atoms with van der Waals surface area (Å²) in [6, 6.07) is 10.2. The van der Waals surface area contributed by atoms with E-state index in [2.05, 4.69) is 10.3 Å². The number of ether oxygens (including phenoxy) is 1. The molecule has 0 saturated heterocycles. The maximum Gasteiger partial charge on any atom is 0.266 e. The van der Waals surface area contributed by atoms with Crippen molar-refractivity contribution in [3.63, 3.8) is 0 Å². The minimum absolute atomic E-state index is 0.328. The van der Waals surface area contributed by atoms with Crippen molar-refractivity contribution in [2.75, 3.05) is 5.32 Å². The Bertz CT molecular complexity index is 913. The van der Waals surface area contributed by atoms with Gasteiger partial charge in [0.1, 0.15) is 5.75 Å². The quantitative estimate of drug-likeness (QED) is 0.613. The number of fused-ring (bicyclic) bond motifs is 1. The van der Waals surface area contributed by atoms with Crippen molar-refractivity contribution in [2.24, 2.45) is 0 Å². The van der Waals surface area contributed by atoms with Gasteiger partial charge in [-0.3, -0.25) is 10.1 Å². The monoisotopic (exact) mass is 400 g/mol. The predicted octanol–water partition coefficient (Wildman–Crippen LogP) is 5.66. The third-order valence-corrected chi connectivity index (χ3v) is 4.85. The number of carbonyl (C=O) groups excluding carboxylic acids is 1. The summed E-state index contributed by atoms with van der Waals surface area (Å²) in [5.74, 6) is 0.0611. The summed E-state index contributed by atoms with van der Waals surface area (Å²) in [6.07, 6.45) is -0.751. The Kier molecular flexibility index (Phi) is 5.15. The van der Waals surface area contributed by atoms with Crippen LogP contribution in [0.25, 0.3) is 10.2 Å². The summed E-state index contributed by atoms with van der Waals surface area (Å²) < 4.78 is 6.48. The minimum Gasteiger partial charge on any atom is -0.479 e. The number of aromatic nitrogens is 1. The van der Waals surface area contributed by atoms with Gasteiger partial charge in [-0.2, -0.15) is 0 Å². The van der Waals surface area contributed by atoms with Crippen LogP contribution in [0.5, 0.6) is 5.75 Å². The SMILES string of the molecule is CC(Oc1ccc(Cl)cc1Cl)C(=O)Nc1nc2ccc(Cl)cc2s1. The average molecular weight is 402 g/mol. The first-order chi connectivity index (χ1) is 11.4. The lowest BCUT2D eigenvalue weighted by Gasteiger charge is -2.14. The van der Waals surface area contributed by atoms with Crippen LogP contribution in [0.4, 0.5) is 5.13 Å². The van der Waals surface area contributed by atoms with Crippen LogP contribution in [0.15, 0.2) is 36.4 Å². The number of anilines is 1. The summed E-state index contributed by atoms with van der Waals surface area (Å²) in [4.78, 5) is 16.6. The van der Waals surface area contributed by atoms with E-state index >= 15 is 0 Å². The normalized spacial score (nSPS) is 12.2. The zero-order chi connectivity index (χ0) is 17.3. The molecule has 3 aromatic rings. The summed E-state index contributed by atoms with van der Waals surface area (Å²) in [5.41, 5.74) is 0.772. The molecule has 0 radical (unpaired) electrons.